The van der Waals surface area contributed by atoms with Crippen molar-refractivity contribution in [1.82, 2.24) is 29.4 Å². The summed E-state index contributed by atoms with van der Waals surface area (Å²) in [5.41, 5.74) is 8.10. The van der Waals surface area contributed by atoms with Crippen molar-refractivity contribution < 1.29 is 0 Å². The summed E-state index contributed by atoms with van der Waals surface area (Å²) >= 11 is 0. The Bertz CT molecular complexity index is 1250. The number of imidazole rings is 1. The molecule has 7 heteroatoms. The summed E-state index contributed by atoms with van der Waals surface area (Å²) in [5, 5.41) is 9.31. The molecule has 0 amide bonds. The van der Waals surface area contributed by atoms with Crippen LogP contribution in [0.5, 0.6) is 0 Å². The topological polar surface area (TPSA) is 64.1 Å². The number of aromatic nitrogens is 6. The van der Waals surface area contributed by atoms with Gasteiger partial charge in [-0.05, 0) is 25.3 Å². The van der Waals surface area contributed by atoms with Crippen LogP contribution in [0.3, 0.4) is 0 Å². The van der Waals surface area contributed by atoms with Gasteiger partial charge in [0.2, 0.25) is 0 Å². The van der Waals surface area contributed by atoms with Gasteiger partial charge in [0.15, 0.2) is 5.82 Å². The molecule has 0 radical (unpaired) electrons. The first kappa shape index (κ1) is 18.8. The molecule has 0 N–H and O–H groups in total. The number of hydrogen-bond donors (Lipinski definition) is 0. The molecular formula is C23H27N7. The quantitative estimate of drug-likeness (QED) is 0.522. The fourth-order valence-corrected chi connectivity index (χ4v) is 4.58. The number of rotatable bonds is 3. The molecule has 7 nitrogen and oxygen atoms in total. The molecule has 4 heterocycles. The number of nitrogens with zero attached hydrogens (tertiary/aromatic N) is 7. The Morgan fingerprint density at radius 1 is 1.10 bits per heavy atom. The molecule has 0 atom stereocenters. The number of benzene rings is 1. The SMILES string of the molecule is Cc1ccccc1-c1nc(C)n2ncnc(N3CCc4c(c(C(C)C)nn4C)C3)c12. The molecule has 4 aromatic rings. The van der Waals surface area contributed by atoms with Crippen LogP contribution in [0.1, 0.15) is 48.1 Å². The molecule has 0 saturated carbocycles. The molecule has 0 saturated heterocycles. The van der Waals surface area contributed by atoms with Crippen LogP contribution in [-0.4, -0.2) is 35.9 Å². The predicted octanol–water partition coefficient (Wildman–Crippen LogP) is 3.83. The smallest absolute Gasteiger partial charge is 0.159 e. The fraction of sp³-hybridized carbons (Fsp3) is 0.391. The molecule has 1 aliphatic rings. The van der Waals surface area contributed by atoms with Gasteiger partial charge < -0.3 is 4.90 Å². The van der Waals surface area contributed by atoms with Crippen LogP contribution in [0.25, 0.3) is 16.8 Å². The Hall–Kier alpha value is -3.22. The average Bonchev–Trinajstić information content (AvgIpc) is 3.25. The van der Waals surface area contributed by atoms with Crippen LogP contribution in [0.4, 0.5) is 5.82 Å². The maximum Gasteiger partial charge on any atom is 0.159 e. The third-order valence-electron chi connectivity index (χ3n) is 6.10. The van der Waals surface area contributed by atoms with E-state index < -0.39 is 0 Å². The second-order valence-electron chi connectivity index (χ2n) is 8.43. The van der Waals surface area contributed by atoms with Crippen molar-refractivity contribution in [3.63, 3.8) is 0 Å². The van der Waals surface area contributed by atoms with Gasteiger partial charge in [0.05, 0.1) is 5.69 Å². The van der Waals surface area contributed by atoms with Gasteiger partial charge in [-0.2, -0.15) is 10.2 Å². The zero-order valence-corrected chi connectivity index (χ0v) is 18.2. The third kappa shape index (κ3) is 2.80. The second-order valence-corrected chi connectivity index (χ2v) is 8.43. The molecule has 3 aromatic heterocycles. The Labute approximate surface area is 176 Å². The summed E-state index contributed by atoms with van der Waals surface area (Å²) < 4.78 is 3.98. The lowest BCUT2D eigenvalue weighted by Crippen LogP contribution is -2.32. The summed E-state index contributed by atoms with van der Waals surface area (Å²) in [4.78, 5) is 12.0. The standard InChI is InChI=1S/C23H27N7/c1-14(2)20-18-12-29(11-10-19(18)28(5)27-20)23-22-21(17-9-7-6-8-15(17)3)26-16(4)30(22)25-13-24-23/h6-9,13-14H,10-12H2,1-5H3. The van der Waals surface area contributed by atoms with Gasteiger partial charge in [0.25, 0.3) is 0 Å². The molecule has 0 bridgehead atoms. The van der Waals surface area contributed by atoms with Crippen LogP contribution in [0.15, 0.2) is 30.6 Å². The Morgan fingerprint density at radius 2 is 1.90 bits per heavy atom. The summed E-state index contributed by atoms with van der Waals surface area (Å²) in [6.07, 6.45) is 2.59. The van der Waals surface area contributed by atoms with Gasteiger partial charge in [-0.15, -0.1) is 0 Å². The van der Waals surface area contributed by atoms with E-state index >= 15 is 0 Å². The van der Waals surface area contributed by atoms with Crippen molar-refractivity contribution in [2.75, 3.05) is 11.4 Å². The lowest BCUT2D eigenvalue weighted by molar-refractivity contribution is 0.649. The molecule has 5 rings (SSSR count). The van der Waals surface area contributed by atoms with E-state index in [4.69, 9.17) is 15.1 Å². The van der Waals surface area contributed by atoms with Gasteiger partial charge in [-0.25, -0.2) is 14.5 Å². The second kappa shape index (κ2) is 6.93. The van der Waals surface area contributed by atoms with E-state index in [0.717, 1.165) is 47.9 Å². The van der Waals surface area contributed by atoms with Crippen molar-refractivity contribution >= 4 is 11.3 Å². The van der Waals surface area contributed by atoms with Crippen molar-refractivity contribution in [2.45, 2.75) is 46.6 Å². The van der Waals surface area contributed by atoms with Gasteiger partial charge >= 0.3 is 0 Å². The summed E-state index contributed by atoms with van der Waals surface area (Å²) in [5.74, 6) is 2.20. The monoisotopic (exact) mass is 401 g/mol. The normalized spacial score (nSPS) is 14.0. The highest BCUT2D eigenvalue weighted by atomic mass is 15.3. The van der Waals surface area contributed by atoms with Crippen LogP contribution >= 0.6 is 0 Å². The Morgan fingerprint density at radius 3 is 2.67 bits per heavy atom. The van der Waals surface area contributed by atoms with Gasteiger partial charge in [0, 0.05) is 43.4 Å². The first-order chi connectivity index (χ1) is 14.5. The highest BCUT2D eigenvalue weighted by Gasteiger charge is 2.28. The maximum atomic E-state index is 4.89. The van der Waals surface area contributed by atoms with E-state index in [9.17, 15) is 0 Å². The van der Waals surface area contributed by atoms with E-state index in [1.807, 2.05) is 11.4 Å². The molecule has 1 aromatic carbocycles. The average molecular weight is 402 g/mol. The number of anilines is 1. The van der Waals surface area contributed by atoms with E-state index in [-0.39, 0.29) is 0 Å². The molecule has 30 heavy (non-hydrogen) atoms. The molecule has 1 aliphatic heterocycles. The van der Waals surface area contributed by atoms with Crippen molar-refractivity contribution in [3.05, 3.63) is 58.9 Å². The van der Waals surface area contributed by atoms with Crippen molar-refractivity contribution in [2.24, 2.45) is 7.05 Å². The lowest BCUT2D eigenvalue weighted by Gasteiger charge is -2.29. The van der Waals surface area contributed by atoms with Gasteiger partial charge in [0.1, 0.15) is 23.4 Å². The summed E-state index contributed by atoms with van der Waals surface area (Å²) in [6, 6.07) is 8.37. The van der Waals surface area contributed by atoms with Gasteiger partial charge in [-0.1, -0.05) is 38.1 Å². The zero-order chi connectivity index (χ0) is 21.0. The predicted molar refractivity (Wildman–Crippen MR) is 118 cm³/mol. The highest BCUT2D eigenvalue weighted by Crippen LogP contribution is 2.35. The molecule has 0 fully saturated rings. The van der Waals surface area contributed by atoms with Gasteiger partial charge in [-0.3, -0.25) is 4.68 Å². The first-order valence-electron chi connectivity index (χ1n) is 10.5. The zero-order valence-electron chi connectivity index (χ0n) is 18.2. The Kier molecular flexibility index (Phi) is 4.34. The van der Waals surface area contributed by atoms with Crippen molar-refractivity contribution in [3.8, 4) is 11.3 Å². The maximum absolute atomic E-state index is 4.89. The first-order valence-corrected chi connectivity index (χ1v) is 10.5. The molecule has 0 spiro atoms. The van der Waals surface area contributed by atoms with Crippen LogP contribution in [-0.2, 0) is 20.0 Å². The number of fused-ring (bicyclic) bond motifs is 2. The summed E-state index contributed by atoms with van der Waals surface area (Å²) in [7, 11) is 2.06. The van der Waals surface area contributed by atoms with E-state index in [1.54, 1.807) is 6.33 Å². The number of hydrogen-bond acceptors (Lipinski definition) is 5. The molecule has 0 unspecified atom stereocenters. The van der Waals surface area contributed by atoms with Crippen molar-refractivity contribution in [1.29, 1.82) is 0 Å². The fourth-order valence-electron chi connectivity index (χ4n) is 4.58. The highest BCUT2D eigenvalue weighted by molar-refractivity contribution is 5.87. The largest absolute Gasteiger partial charge is 0.350 e. The van der Waals surface area contributed by atoms with Crippen LogP contribution in [0, 0.1) is 13.8 Å². The van der Waals surface area contributed by atoms with E-state index in [2.05, 4.69) is 66.8 Å². The molecular weight excluding hydrogens is 374 g/mol. The number of aryl methyl sites for hydroxylation is 3. The van der Waals surface area contributed by atoms with E-state index in [0.29, 0.717) is 5.92 Å². The minimum absolute atomic E-state index is 0.394. The minimum Gasteiger partial charge on any atom is -0.350 e. The summed E-state index contributed by atoms with van der Waals surface area (Å²) in [6.45, 7) is 10.2. The molecule has 154 valence electrons. The Balaban J connectivity index is 1.67. The molecule has 0 aliphatic carbocycles. The van der Waals surface area contributed by atoms with Crippen LogP contribution in [0.2, 0.25) is 0 Å². The lowest BCUT2D eigenvalue weighted by atomic mass is 9.99. The minimum atomic E-state index is 0.394. The van der Waals surface area contributed by atoms with Crippen LogP contribution < -0.4 is 4.90 Å². The van der Waals surface area contributed by atoms with E-state index in [1.165, 1.54) is 22.5 Å². The third-order valence-corrected chi connectivity index (χ3v) is 6.10.